The zero-order chi connectivity index (χ0) is 31.3. The van der Waals surface area contributed by atoms with Crippen molar-refractivity contribution in [3.63, 3.8) is 0 Å². The number of aliphatic hydroxyl groups is 6. The van der Waals surface area contributed by atoms with E-state index in [1.807, 2.05) is 0 Å². The number of benzene rings is 2. The third-order valence-electron chi connectivity index (χ3n) is 7.26. The molecular formula is C27H30O16. The molecule has 0 unspecified atom stereocenters. The second kappa shape index (κ2) is 11.8. The van der Waals surface area contributed by atoms with Gasteiger partial charge in [-0.3, -0.25) is 4.79 Å². The van der Waals surface area contributed by atoms with Crippen LogP contribution in [0.2, 0.25) is 0 Å². The quantitative estimate of drug-likeness (QED) is 0.134. The van der Waals surface area contributed by atoms with Crippen LogP contribution < -0.4 is 10.2 Å². The summed E-state index contributed by atoms with van der Waals surface area (Å²) in [5.41, 5.74) is -1.30. The van der Waals surface area contributed by atoms with Crippen molar-refractivity contribution in [2.45, 2.75) is 68.3 Å². The van der Waals surface area contributed by atoms with Crippen molar-refractivity contribution >= 4 is 11.0 Å². The van der Waals surface area contributed by atoms with E-state index in [4.69, 9.17) is 23.4 Å². The molecule has 3 aromatic rings. The highest BCUT2D eigenvalue weighted by Gasteiger charge is 2.49. The summed E-state index contributed by atoms with van der Waals surface area (Å²) >= 11 is 0. The molecule has 2 aliphatic heterocycles. The molecular weight excluding hydrogens is 580 g/mol. The predicted octanol–water partition coefficient (Wildman–Crippen LogP) is -1.69. The van der Waals surface area contributed by atoms with Crippen LogP contribution in [-0.4, -0.2) is 119 Å². The molecule has 0 spiro atoms. The summed E-state index contributed by atoms with van der Waals surface area (Å²) in [5.74, 6) is -3.25. The second-order valence-electron chi connectivity index (χ2n) is 10.3. The third-order valence-corrected chi connectivity index (χ3v) is 7.26. The summed E-state index contributed by atoms with van der Waals surface area (Å²) < 4.78 is 27.5. The first-order valence-corrected chi connectivity index (χ1v) is 13.0. The van der Waals surface area contributed by atoms with E-state index < -0.39 is 108 Å². The molecule has 2 saturated heterocycles. The Hall–Kier alpha value is -3.71. The van der Waals surface area contributed by atoms with Crippen LogP contribution in [-0.2, 0) is 14.2 Å². The Kier molecular flexibility index (Phi) is 8.41. The fraction of sp³-hybridized carbons (Fsp3) is 0.444. The van der Waals surface area contributed by atoms with Gasteiger partial charge in [-0.2, -0.15) is 0 Å². The molecule has 16 heteroatoms. The van der Waals surface area contributed by atoms with E-state index in [0.29, 0.717) is 0 Å². The minimum absolute atomic E-state index is 0.0160. The maximum atomic E-state index is 13.5. The van der Waals surface area contributed by atoms with Crippen LogP contribution in [0.5, 0.6) is 28.7 Å². The van der Waals surface area contributed by atoms with Crippen molar-refractivity contribution in [3.8, 4) is 40.1 Å². The maximum absolute atomic E-state index is 13.5. The van der Waals surface area contributed by atoms with E-state index in [-0.39, 0.29) is 16.9 Å². The van der Waals surface area contributed by atoms with Crippen molar-refractivity contribution < 1.29 is 74.4 Å². The molecule has 1 aromatic heterocycles. The van der Waals surface area contributed by atoms with Crippen LogP contribution in [0, 0.1) is 0 Å². The molecule has 0 bridgehead atoms. The molecule has 234 valence electrons. The highest BCUT2D eigenvalue weighted by molar-refractivity contribution is 5.88. The molecule has 0 amide bonds. The van der Waals surface area contributed by atoms with E-state index in [0.717, 1.165) is 24.3 Å². The highest BCUT2D eigenvalue weighted by Crippen LogP contribution is 2.39. The Bertz CT molecular complexity index is 1540. The van der Waals surface area contributed by atoms with Crippen LogP contribution in [0.15, 0.2) is 39.5 Å². The van der Waals surface area contributed by atoms with E-state index in [9.17, 15) is 55.9 Å². The topological polar surface area (TPSA) is 269 Å². The first-order valence-electron chi connectivity index (χ1n) is 13.0. The molecule has 10 N–H and O–H groups in total. The molecule has 2 aliphatic rings. The summed E-state index contributed by atoms with van der Waals surface area (Å²) in [4.78, 5) is 13.5. The van der Waals surface area contributed by atoms with Gasteiger partial charge in [0.1, 0.15) is 65.2 Å². The van der Waals surface area contributed by atoms with Gasteiger partial charge in [0.2, 0.25) is 17.5 Å². The lowest BCUT2D eigenvalue weighted by Gasteiger charge is -2.39. The molecule has 2 aromatic carbocycles. The third kappa shape index (κ3) is 5.67. The van der Waals surface area contributed by atoms with E-state index in [1.165, 1.54) is 13.0 Å². The van der Waals surface area contributed by atoms with Gasteiger partial charge in [-0.25, -0.2) is 0 Å². The molecule has 16 nitrogen and oxygen atoms in total. The highest BCUT2D eigenvalue weighted by atomic mass is 16.7. The van der Waals surface area contributed by atoms with E-state index in [1.54, 1.807) is 0 Å². The first-order chi connectivity index (χ1) is 20.3. The van der Waals surface area contributed by atoms with Gasteiger partial charge >= 0.3 is 0 Å². The van der Waals surface area contributed by atoms with Gasteiger partial charge in [0.25, 0.3) is 0 Å². The average molecular weight is 611 g/mol. The minimum Gasteiger partial charge on any atom is -0.508 e. The van der Waals surface area contributed by atoms with Crippen LogP contribution in [0.1, 0.15) is 6.92 Å². The lowest BCUT2D eigenvalue weighted by atomic mass is 10.00. The molecule has 0 aliphatic carbocycles. The zero-order valence-corrected chi connectivity index (χ0v) is 22.3. The molecule has 0 radical (unpaired) electrons. The second-order valence-corrected chi connectivity index (χ2v) is 10.3. The number of hydrogen-bond acceptors (Lipinski definition) is 16. The summed E-state index contributed by atoms with van der Waals surface area (Å²) in [6.07, 6.45) is -15.8. The predicted molar refractivity (Wildman–Crippen MR) is 140 cm³/mol. The van der Waals surface area contributed by atoms with Gasteiger partial charge in [0.05, 0.1) is 12.7 Å². The van der Waals surface area contributed by atoms with Crippen LogP contribution in [0.4, 0.5) is 0 Å². The lowest BCUT2D eigenvalue weighted by Crippen LogP contribution is -2.57. The van der Waals surface area contributed by atoms with Gasteiger partial charge in [-0.15, -0.1) is 0 Å². The standard InChI is InChI=1S/C27H30O16/c1-8-17(33)19(35)21(37)26(40-8)39-7-14(32)24-20(36)22(38)27(42-24)43-25-18(34)16-13(31)5-10(28)6-15(16)41-23(25)9-2-3-11(29)12(30)4-9/h2-6,8,14,17,19-22,24,26-33,35-38H,7H2,1H3/t8-,14+,17-,19+,20+,21+,22+,24+,26+,27-/m0/s1. The molecule has 43 heavy (non-hydrogen) atoms. The SMILES string of the molecule is C[C@@H]1O[C@@H](OC[C@@H](O)[C@H]2O[C@@H](Oc3c(-c4ccc(O)c(O)c4)oc4cc(O)cc(O)c4c3=O)[C@H](O)[C@H]2O)[C@H](O)[C@H](O)[C@H]1O. The Morgan fingerprint density at radius 2 is 1.51 bits per heavy atom. The van der Waals surface area contributed by atoms with Gasteiger partial charge in [0.15, 0.2) is 23.5 Å². The Labute approximate surface area is 241 Å². The van der Waals surface area contributed by atoms with Crippen molar-refractivity contribution in [2.75, 3.05) is 6.61 Å². The average Bonchev–Trinajstić information content (AvgIpc) is 3.24. The summed E-state index contributed by atoms with van der Waals surface area (Å²) in [6, 6.07) is 5.27. The Morgan fingerprint density at radius 1 is 0.814 bits per heavy atom. The number of phenols is 4. The molecule has 5 rings (SSSR count). The van der Waals surface area contributed by atoms with Crippen LogP contribution in [0.3, 0.4) is 0 Å². The Balaban J connectivity index is 1.41. The minimum atomic E-state index is -1.86. The summed E-state index contributed by atoms with van der Waals surface area (Å²) in [5, 5.41) is 101. The maximum Gasteiger partial charge on any atom is 0.239 e. The normalized spacial score (nSPS) is 31.7. The van der Waals surface area contributed by atoms with Gasteiger partial charge in [-0.05, 0) is 25.1 Å². The number of aliphatic hydroxyl groups excluding tert-OH is 6. The number of phenolic OH excluding ortho intramolecular Hbond substituents is 4. The van der Waals surface area contributed by atoms with Crippen LogP contribution >= 0.6 is 0 Å². The largest absolute Gasteiger partial charge is 0.508 e. The summed E-state index contributed by atoms with van der Waals surface area (Å²) in [6.45, 7) is 0.778. The van der Waals surface area contributed by atoms with Gasteiger partial charge in [0, 0.05) is 17.7 Å². The van der Waals surface area contributed by atoms with E-state index >= 15 is 0 Å². The number of rotatable bonds is 7. The lowest BCUT2D eigenvalue weighted by molar-refractivity contribution is -0.299. The Morgan fingerprint density at radius 3 is 2.21 bits per heavy atom. The smallest absolute Gasteiger partial charge is 0.239 e. The van der Waals surface area contributed by atoms with Gasteiger partial charge < -0.3 is 74.4 Å². The van der Waals surface area contributed by atoms with Crippen molar-refractivity contribution in [1.82, 2.24) is 0 Å². The monoisotopic (exact) mass is 610 g/mol. The number of hydrogen-bond donors (Lipinski definition) is 10. The molecule has 10 atom stereocenters. The molecule has 2 fully saturated rings. The summed E-state index contributed by atoms with van der Waals surface area (Å²) in [7, 11) is 0. The number of aromatic hydroxyl groups is 4. The van der Waals surface area contributed by atoms with E-state index in [2.05, 4.69) is 0 Å². The fourth-order valence-corrected chi connectivity index (χ4v) is 4.87. The number of fused-ring (bicyclic) bond motifs is 1. The molecule has 0 saturated carbocycles. The first kappa shape index (κ1) is 30.7. The van der Waals surface area contributed by atoms with Crippen LogP contribution in [0.25, 0.3) is 22.3 Å². The van der Waals surface area contributed by atoms with Crippen molar-refractivity contribution in [2.24, 2.45) is 0 Å². The van der Waals surface area contributed by atoms with Gasteiger partial charge in [-0.1, -0.05) is 0 Å². The number of ether oxygens (including phenoxy) is 4. The zero-order valence-electron chi connectivity index (χ0n) is 22.3. The molecule has 3 heterocycles. The van der Waals surface area contributed by atoms with Crippen molar-refractivity contribution in [1.29, 1.82) is 0 Å². The fourth-order valence-electron chi connectivity index (χ4n) is 4.87. The van der Waals surface area contributed by atoms with Crippen molar-refractivity contribution in [3.05, 3.63) is 40.6 Å².